The van der Waals surface area contributed by atoms with Crippen LogP contribution < -0.4 is 15.4 Å². The van der Waals surface area contributed by atoms with Crippen LogP contribution in [0.3, 0.4) is 0 Å². The SMILES string of the molecule is CC(=O)COc1cc(-c2scnc2C)ccc1CN[C@H](O)[C@@H]1C[C@@H](O)CN1C(=O)[C@@H](NC(=O)C1(F)CC1)C(C)(C)C. The number of amides is 2. The number of ether oxygens (including phenoxy) is 1. The number of alkyl halides is 1. The van der Waals surface area contributed by atoms with Crippen molar-refractivity contribution in [2.24, 2.45) is 5.41 Å². The number of nitrogens with one attached hydrogen (secondary N) is 2. The van der Waals surface area contributed by atoms with Gasteiger partial charge in [0.05, 0.1) is 28.2 Å². The second-order valence-electron chi connectivity index (χ2n) is 12.1. The number of aliphatic hydroxyl groups excluding tert-OH is 2. The number of carbonyl (C=O) groups excluding carboxylic acids is 3. The first-order chi connectivity index (χ1) is 19.2. The predicted octanol–water partition coefficient (Wildman–Crippen LogP) is 2.49. The Labute approximate surface area is 243 Å². The van der Waals surface area contributed by atoms with E-state index < -0.39 is 47.3 Å². The summed E-state index contributed by atoms with van der Waals surface area (Å²) in [6.45, 7) is 8.65. The van der Waals surface area contributed by atoms with Crippen LogP contribution in [-0.4, -0.2) is 80.9 Å². The molecule has 2 fully saturated rings. The molecule has 4 N–H and O–H groups in total. The zero-order chi connectivity index (χ0) is 30.1. The summed E-state index contributed by atoms with van der Waals surface area (Å²) in [6, 6.07) is 3.74. The minimum Gasteiger partial charge on any atom is -0.485 e. The number of aliphatic hydroxyl groups is 2. The Hall–Kier alpha value is -2.93. The van der Waals surface area contributed by atoms with E-state index >= 15 is 0 Å². The molecule has 1 saturated heterocycles. The molecule has 10 nitrogen and oxygen atoms in total. The van der Waals surface area contributed by atoms with Crippen molar-refractivity contribution in [1.82, 2.24) is 20.5 Å². The first-order valence-electron chi connectivity index (χ1n) is 13.7. The fraction of sp³-hybridized carbons (Fsp3) is 0.586. The Bertz CT molecular complexity index is 1290. The number of benzene rings is 1. The van der Waals surface area contributed by atoms with Crippen LogP contribution in [0.15, 0.2) is 23.7 Å². The van der Waals surface area contributed by atoms with Crippen molar-refractivity contribution in [1.29, 1.82) is 0 Å². The summed E-state index contributed by atoms with van der Waals surface area (Å²) in [5, 5.41) is 27.2. The van der Waals surface area contributed by atoms with Gasteiger partial charge in [0, 0.05) is 18.7 Å². The maximum absolute atomic E-state index is 14.4. The van der Waals surface area contributed by atoms with Gasteiger partial charge in [0.1, 0.15) is 24.6 Å². The molecular formula is C29H39FN4O6S. The van der Waals surface area contributed by atoms with Crippen LogP contribution in [0.25, 0.3) is 10.4 Å². The zero-order valence-electron chi connectivity index (χ0n) is 24.1. The molecule has 1 aromatic carbocycles. The number of carbonyl (C=O) groups is 3. The first kappa shape index (κ1) is 31.0. The number of β-amino-alcohol motifs (C(OH)–C–C–N with tert-alkyl or cyclic N) is 1. The second kappa shape index (κ2) is 12.1. The lowest BCUT2D eigenvalue weighted by Gasteiger charge is -2.37. The van der Waals surface area contributed by atoms with Gasteiger partial charge >= 0.3 is 0 Å². The van der Waals surface area contributed by atoms with Gasteiger partial charge in [-0.25, -0.2) is 9.37 Å². The lowest BCUT2D eigenvalue weighted by molar-refractivity contribution is -0.143. The Morgan fingerprint density at radius 3 is 2.59 bits per heavy atom. The summed E-state index contributed by atoms with van der Waals surface area (Å²) < 4.78 is 20.2. The van der Waals surface area contributed by atoms with E-state index in [1.807, 2.05) is 25.1 Å². The number of Topliss-reactive ketones (excluding diaryl/α,β-unsaturated/α-hetero) is 1. The molecule has 0 bridgehead atoms. The lowest BCUT2D eigenvalue weighted by atomic mass is 9.85. The third kappa shape index (κ3) is 7.29. The third-order valence-electron chi connectivity index (χ3n) is 7.46. The van der Waals surface area contributed by atoms with E-state index in [2.05, 4.69) is 15.6 Å². The smallest absolute Gasteiger partial charge is 0.258 e. The number of aromatic nitrogens is 1. The van der Waals surface area contributed by atoms with Crippen molar-refractivity contribution in [2.45, 2.75) is 90.5 Å². The molecule has 0 radical (unpaired) electrons. The van der Waals surface area contributed by atoms with Crippen LogP contribution in [0.1, 0.15) is 58.2 Å². The van der Waals surface area contributed by atoms with Gasteiger partial charge in [0.15, 0.2) is 11.5 Å². The Balaban J connectivity index is 1.49. The molecule has 1 saturated carbocycles. The fourth-order valence-electron chi connectivity index (χ4n) is 4.89. The number of likely N-dealkylation sites (tertiary alicyclic amines) is 1. The summed E-state index contributed by atoms with van der Waals surface area (Å²) in [6.07, 6.45) is -1.73. The van der Waals surface area contributed by atoms with E-state index in [-0.39, 0.29) is 44.7 Å². The summed E-state index contributed by atoms with van der Waals surface area (Å²) in [7, 11) is 0. The third-order valence-corrected chi connectivity index (χ3v) is 8.44. The highest BCUT2D eigenvalue weighted by atomic mass is 32.1. The van der Waals surface area contributed by atoms with Crippen LogP contribution in [0.5, 0.6) is 5.75 Å². The number of aryl methyl sites for hydroxylation is 1. The maximum atomic E-state index is 14.4. The highest BCUT2D eigenvalue weighted by Gasteiger charge is 2.53. The lowest BCUT2D eigenvalue weighted by Crippen LogP contribution is -2.59. The molecule has 1 aromatic heterocycles. The molecule has 2 aromatic rings. The maximum Gasteiger partial charge on any atom is 0.258 e. The van der Waals surface area contributed by atoms with Crippen molar-refractivity contribution in [3.63, 3.8) is 0 Å². The van der Waals surface area contributed by atoms with Gasteiger partial charge in [0.25, 0.3) is 5.91 Å². The van der Waals surface area contributed by atoms with E-state index in [4.69, 9.17) is 4.74 Å². The average molecular weight is 591 g/mol. The molecular weight excluding hydrogens is 551 g/mol. The van der Waals surface area contributed by atoms with E-state index in [0.717, 1.165) is 16.1 Å². The zero-order valence-corrected chi connectivity index (χ0v) is 24.9. The van der Waals surface area contributed by atoms with Gasteiger partial charge < -0.3 is 25.2 Å². The Morgan fingerprint density at radius 2 is 2.00 bits per heavy atom. The number of ketones is 1. The van der Waals surface area contributed by atoms with Gasteiger partial charge in [-0.15, -0.1) is 11.3 Å². The molecule has 224 valence electrons. The van der Waals surface area contributed by atoms with Crippen molar-refractivity contribution < 1.29 is 33.7 Å². The number of halogens is 1. The normalized spacial score (nSPS) is 21.3. The van der Waals surface area contributed by atoms with Crippen molar-refractivity contribution in [3.05, 3.63) is 35.0 Å². The quantitative estimate of drug-likeness (QED) is 0.293. The summed E-state index contributed by atoms with van der Waals surface area (Å²) >= 11 is 1.49. The molecule has 41 heavy (non-hydrogen) atoms. The monoisotopic (exact) mass is 590 g/mol. The highest BCUT2D eigenvalue weighted by molar-refractivity contribution is 7.13. The molecule has 4 atom stereocenters. The van der Waals surface area contributed by atoms with Gasteiger partial charge in [0.2, 0.25) is 5.91 Å². The van der Waals surface area contributed by atoms with E-state index in [1.54, 1.807) is 26.3 Å². The molecule has 0 unspecified atom stereocenters. The van der Waals surface area contributed by atoms with Gasteiger partial charge in [-0.1, -0.05) is 32.9 Å². The molecule has 1 aliphatic heterocycles. The van der Waals surface area contributed by atoms with Crippen LogP contribution in [0.2, 0.25) is 0 Å². The molecule has 2 amide bonds. The van der Waals surface area contributed by atoms with Crippen LogP contribution in [0, 0.1) is 12.3 Å². The number of hydrogen-bond acceptors (Lipinski definition) is 9. The largest absolute Gasteiger partial charge is 0.485 e. The van der Waals surface area contributed by atoms with E-state index in [9.17, 15) is 29.0 Å². The fourth-order valence-corrected chi connectivity index (χ4v) is 5.70. The van der Waals surface area contributed by atoms with E-state index in [0.29, 0.717) is 11.3 Å². The predicted molar refractivity (Wildman–Crippen MR) is 152 cm³/mol. The Kier molecular flexibility index (Phi) is 9.17. The van der Waals surface area contributed by atoms with Crippen LogP contribution >= 0.6 is 11.3 Å². The minimum atomic E-state index is -1.94. The first-order valence-corrected chi connectivity index (χ1v) is 14.6. The molecule has 2 aliphatic rings. The van der Waals surface area contributed by atoms with Gasteiger partial charge in [-0.05, 0) is 50.2 Å². The number of hydrogen-bond donors (Lipinski definition) is 4. The topological polar surface area (TPSA) is 141 Å². The molecule has 4 rings (SSSR count). The molecule has 1 aliphatic carbocycles. The average Bonchev–Trinajstić information content (AvgIpc) is 3.31. The molecule has 0 spiro atoms. The molecule has 2 heterocycles. The molecule has 12 heteroatoms. The van der Waals surface area contributed by atoms with Crippen molar-refractivity contribution in [2.75, 3.05) is 13.2 Å². The van der Waals surface area contributed by atoms with Gasteiger partial charge in [-0.3, -0.25) is 19.7 Å². The highest BCUT2D eigenvalue weighted by Crippen LogP contribution is 2.40. The van der Waals surface area contributed by atoms with Crippen LogP contribution in [0.4, 0.5) is 4.39 Å². The summed E-state index contributed by atoms with van der Waals surface area (Å²) in [4.78, 5) is 44.4. The number of nitrogens with zero attached hydrogens (tertiary/aromatic N) is 2. The van der Waals surface area contributed by atoms with Crippen LogP contribution in [-0.2, 0) is 20.9 Å². The second-order valence-corrected chi connectivity index (χ2v) is 12.9. The number of thiazole rings is 1. The summed E-state index contributed by atoms with van der Waals surface area (Å²) in [5.41, 5.74) is 1.53. The van der Waals surface area contributed by atoms with Crippen molar-refractivity contribution >= 4 is 28.9 Å². The van der Waals surface area contributed by atoms with Crippen molar-refractivity contribution in [3.8, 4) is 16.2 Å². The standard InChI is InChI=1S/C29H39FN4O6S/c1-16(35)14-40-22-10-18(23-17(2)32-15-41-23)6-7-19(22)12-31-25(37)21-11-20(36)13-34(21)26(38)24(28(3,4)5)33-27(39)29(30)8-9-29/h6-7,10,15,20-21,24-25,31,36-37H,8-9,11-14H2,1-5H3,(H,33,39)/t20-,21+,24-,25-/m1/s1. The van der Waals surface area contributed by atoms with E-state index in [1.165, 1.54) is 23.2 Å². The summed E-state index contributed by atoms with van der Waals surface area (Å²) in [5.74, 6) is -0.971. The number of rotatable bonds is 11. The van der Waals surface area contributed by atoms with Gasteiger partial charge in [-0.2, -0.15) is 0 Å². The Morgan fingerprint density at radius 1 is 1.29 bits per heavy atom. The minimum absolute atomic E-state index is 0.0265.